The third kappa shape index (κ3) is 4.42. The molecular weight excluding hydrogens is 278 g/mol. The second-order valence-corrected chi connectivity index (χ2v) is 4.40. The van der Waals surface area contributed by atoms with Crippen LogP contribution in [0, 0.1) is 5.41 Å². The number of allylic oxidation sites excluding steroid dienone is 1. The third-order valence-electron chi connectivity index (χ3n) is 2.76. The highest BCUT2D eigenvalue weighted by molar-refractivity contribution is 6.68. The van der Waals surface area contributed by atoms with Gasteiger partial charge in [-0.3, -0.25) is 15.0 Å². The molecule has 0 atom stereocenters. The van der Waals surface area contributed by atoms with Gasteiger partial charge in [-0.1, -0.05) is 36.4 Å². The van der Waals surface area contributed by atoms with Gasteiger partial charge in [0, 0.05) is 25.1 Å². The van der Waals surface area contributed by atoms with Crippen molar-refractivity contribution in [1.29, 1.82) is 5.41 Å². The van der Waals surface area contributed by atoms with E-state index in [4.69, 9.17) is 5.41 Å². The number of hydrogen-bond donors (Lipinski definition) is 3. The molecule has 2 aromatic carbocycles. The molecule has 2 aromatic rings. The van der Waals surface area contributed by atoms with E-state index in [1.165, 1.54) is 6.20 Å². The minimum absolute atomic E-state index is 0. The lowest BCUT2D eigenvalue weighted by atomic mass is 10.2. The minimum atomic E-state index is -0.736. The second-order valence-electron chi connectivity index (χ2n) is 4.40. The lowest BCUT2D eigenvalue weighted by Crippen LogP contribution is -2.28. The number of amides is 1. The van der Waals surface area contributed by atoms with E-state index in [-0.39, 0.29) is 1.43 Å². The van der Waals surface area contributed by atoms with Crippen molar-refractivity contribution in [2.45, 2.75) is 0 Å². The summed E-state index contributed by atoms with van der Waals surface area (Å²) < 4.78 is 0. The molecule has 0 saturated carbocycles. The van der Waals surface area contributed by atoms with Crippen molar-refractivity contribution in [3.05, 3.63) is 72.9 Å². The zero-order valence-corrected chi connectivity index (χ0v) is 11.7. The number of hydrogen-bond acceptors (Lipinski definition) is 4. The first-order valence-electron chi connectivity index (χ1n) is 6.64. The lowest BCUT2D eigenvalue weighted by Gasteiger charge is -2.04. The molecule has 0 bridgehead atoms. The highest BCUT2D eigenvalue weighted by atomic mass is 16.2. The van der Waals surface area contributed by atoms with Gasteiger partial charge in [0.05, 0.1) is 0 Å². The lowest BCUT2D eigenvalue weighted by molar-refractivity contribution is -0.113. The zero-order chi connectivity index (χ0) is 15.8. The molecule has 22 heavy (non-hydrogen) atoms. The van der Waals surface area contributed by atoms with E-state index in [0.29, 0.717) is 5.69 Å². The van der Waals surface area contributed by atoms with E-state index in [2.05, 4.69) is 10.6 Å². The minimum Gasteiger partial charge on any atom is -0.362 e. The molecule has 0 aliphatic rings. The molecule has 0 aliphatic carbocycles. The van der Waals surface area contributed by atoms with Gasteiger partial charge in [-0.25, -0.2) is 0 Å². The maximum atomic E-state index is 11.8. The van der Waals surface area contributed by atoms with Gasteiger partial charge in [0.25, 0.3) is 5.91 Å². The van der Waals surface area contributed by atoms with E-state index < -0.39 is 17.4 Å². The number of anilines is 2. The summed E-state index contributed by atoms with van der Waals surface area (Å²) in [6, 6.07) is 17.9. The van der Waals surface area contributed by atoms with Crippen molar-refractivity contribution < 1.29 is 11.0 Å². The molecule has 0 saturated heterocycles. The number of carbonyl (C=O) groups is 2. The van der Waals surface area contributed by atoms with Crippen molar-refractivity contribution >= 4 is 28.8 Å². The number of rotatable bonds is 6. The molecular formula is C17H17N3O2. The topological polar surface area (TPSA) is 82.1 Å². The van der Waals surface area contributed by atoms with Crippen LogP contribution >= 0.6 is 0 Å². The van der Waals surface area contributed by atoms with Crippen molar-refractivity contribution in [3.63, 3.8) is 0 Å². The normalized spacial score (nSPS) is 10.2. The molecule has 5 nitrogen and oxygen atoms in total. The molecule has 0 aliphatic heterocycles. The maximum Gasteiger partial charge on any atom is 0.277 e. The van der Waals surface area contributed by atoms with E-state index in [1.54, 1.807) is 24.3 Å². The Morgan fingerprint density at radius 1 is 0.909 bits per heavy atom. The fourth-order valence-electron chi connectivity index (χ4n) is 1.66. The van der Waals surface area contributed by atoms with Gasteiger partial charge in [0.2, 0.25) is 5.78 Å². The molecule has 1 amide bonds. The number of ketones is 1. The molecule has 0 heterocycles. The van der Waals surface area contributed by atoms with E-state index in [1.807, 2.05) is 36.4 Å². The molecule has 0 fully saturated rings. The maximum absolute atomic E-state index is 11.8. The van der Waals surface area contributed by atoms with Crippen LogP contribution in [-0.2, 0) is 9.59 Å². The first-order valence-corrected chi connectivity index (χ1v) is 6.64. The highest BCUT2D eigenvalue weighted by Crippen LogP contribution is 2.06. The van der Waals surface area contributed by atoms with E-state index in [9.17, 15) is 9.59 Å². The monoisotopic (exact) mass is 295 g/mol. The SMILES string of the molecule is N=C(C(=O)/C=C\Nc1ccccc1)C(=O)Nc1ccccc1.[HH]. The molecule has 2 rings (SSSR count). The van der Waals surface area contributed by atoms with Crippen molar-refractivity contribution in [2.24, 2.45) is 0 Å². The molecule has 112 valence electrons. The first kappa shape index (κ1) is 15.2. The number of nitrogens with one attached hydrogen (secondary N) is 3. The Balaban J connectivity index is 0.00000264. The molecule has 0 aromatic heterocycles. The summed E-state index contributed by atoms with van der Waals surface area (Å²) in [5.74, 6) is -1.41. The Morgan fingerprint density at radius 2 is 1.45 bits per heavy atom. The zero-order valence-electron chi connectivity index (χ0n) is 11.7. The number of para-hydroxylation sites is 2. The number of benzene rings is 2. The average molecular weight is 295 g/mol. The smallest absolute Gasteiger partial charge is 0.277 e. The van der Waals surface area contributed by atoms with Crippen LogP contribution in [0.15, 0.2) is 72.9 Å². The van der Waals surface area contributed by atoms with Gasteiger partial charge in [-0.2, -0.15) is 0 Å². The fraction of sp³-hybridized carbons (Fsp3) is 0. The molecule has 0 spiro atoms. The molecule has 0 radical (unpaired) electrons. The predicted octanol–water partition coefficient (Wildman–Crippen LogP) is 3.09. The van der Waals surface area contributed by atoms with Crippen LogP contribution in [0.5, 0.6) is 0 Å². The van der Waals surface area contributed by atoms with Crippen LogP contribution in [0.3, 0.4) is 0 Å². The van der Waals surface area contributed by atoms with Gasteiger partial charge in [0.15, 0.2) is 5.71 Å². The summed E-state index contributed by atoms with van der Waals surface area (Å²) in [4.78, 5) is 23.5. The van der Waals surface area contributed by atoms with Gasteiger partial charge in [0.1, 0.15) is 0 Å². The average Bonchev–Trinajstić information content (AvgIpc) is 2.56. The van der Waals surface area contributed by atoms with Gasteiger partial charge >= 0.3 is 0 Å². The van der Waals surface area contributed by atoms with Crippen LogP contribution in [0.1, 0.15) is 1.43 Å². The largest absolute Gasteiger partial charge is 0.362 e. The summed E-state index contributed by atoms with van der Waals surface area (Å²) in [7, 11) is 0. The molecule has 0 unspecified atom stereocenters. The van der Waals surface area contributed by atoms with Gasteiger partial charge in [-0.05, 0) is 24.3 Å². The summed E-state index contributed by atoms with van der Waals surface area (Å²) in [5.41, 5.74) is 0.734. The van der Waals surface area contributed by atoms with Crippen LogP contribution < -0.4 is 10.6 Å². The van der Waals surface area contributed by atoms with E-state index >= 15 is 0 Å². The summed E-state index contributed by atoms with van der Waals surface area (Å²) in [5, 5.41) is 13.0. The Bertz CT molecular complexity index is 700. The highest BCUT2D eigenvalue weighted by Gasteiger charge is 2.15. The molecule has 5 heteroatoms. The Kier molecular flexibility index (Phi) is 5.20. The summed E-state index contributed by atoms with van der Waals surface area (Å²) in [6.07, 6.45) is 2.56. The van der Waals surface area contributed by atoms with Crippen LogP contribution in [-0.4, -0.2) is 17.4 Å². The van der Waals surface area contributed by atoms with E-state index in [0.717, 1.165) is 11.8 Å². The van der Waals surface area contributed by atoms with Crippen molar-refractivity contribution in [1.82, 2.24) is 0 Å². The Hall–Kier alpha value is -3.21. The van der Waals surface area contributed by atoms with Crippen LogP contribution in [0.25, 0.3) is 0 Å². The Labute approximate surface area is 129 Å². The second kappa shape index (κ2) is 7.54. The van der Waals surface area contributed by atoms with Gasteiger partial charge < -0.3 is 10.6 Å². The standard InChI is InChI=1S/C17H15N3O2.H2/c18-16(17(22)20-14-9-5-2-6-10-14)15(21)11-12-19-13-7-3-1-4-8-13;/h1-12,18-19H,(H,20,22);1H/b12-11-,18-16?;. The fourth-order valence-corrected chi connectivity index (χ4v) is 1.66. The summed E-state index contributed by atoms with van der Waals surface area (Å²) in [6.45, 7) is 0. The third-order valence-corrected chi connectivity index (χ3v) is 2.76. The first-order chi connectivity index (χ1) is 10.7. The predicted molar refractivity (Wildman–Crippen MR) is 89.1 cm³/mol. The molecule has 3 N–H and O–H groups in total. The number of carbonyl (C=O) groups excluding carboxylic acids is 2. The summed E-state index contributed by atoms with van der Waals surface area (Å²) >= 11 is 0. The van der Waals surface area contributed by atoms with Crippen LogP contribution in [0.4, 0.5) is 11.4 Å². The van der Waals surface area contributed by atoms with Crippen molar-refractivity contribution in [3.8, 4) is 0 Å². The van der Waals surface area contributed by atoms with Gasteiger partial charge in [-0.15, -0.1) is 0 Å². The van der Waals surface area contributed by atoms with Crippen LogP contribution in [0.2, 0.25) is 0 Å². The quantitative estimate of drug-likeness (QED) is 0.435. The van der Waals surface area contributed by atoms with Crippen molar-refractivity contribution in [2.75, 3.05) is 10.6 Å². The Morgan fingerprint density at radius 3 is 2.05 bits per heavy atom.